The zero-order chi connectivity index (χ0) is 9.40. The molecule has 0 spiro atoms. The minimum Gasteiger partial charge on any atom is -0.356 e. The first-order chi connectivity index (χ1) is 5.78. The van der Waals surface area contributed by atoms with Crippen molar-refractivity contribution in [2.24, 2.45) is 0 Å². The predicted octanol–water partition coefficient (Wildman–Crippen LogP) is 3.15. The highest BCUT2D eigenvalue weighted by atomic mass is 14.9. The molecule has 0 aromatic carbocycles. The van der Waals surface area contributed by atoms with Gasteiger partial charge in [0.25, 0.3) is 0 Å². The lowest BCUT2D eigenvalue weighted by molar-refractivity contribution is 1.02. The topological polar surface area (TPSA) is 12.0 Å². The Balaban J connectivity index is 4.29. The molecule has 0 heterocycles. The molecule has 0 aliphatic heterocycles. The maximum Gasteiger partial charge on any atom is 0.0337 e. The molecule has 0 fully saturated rings. The number of hydrogen-bond donors (Lipinski definition) is 1. The Hall–Kier alpha value is -1.24. The van der Waals surface area contributed by atoms with Crippen LogP contribution in [0.15, 0.2) is 48.9 Å². The lowest BCUT2D eigenvalue weighted by Gasteiger charge is -2.06. The van der Waals surface area contributed by atoms with Crippen molar-refractivity contribution >= 4 is 0 Å². The van der Waals surface area contributed by atoms with E-state index in [2.05, 4.69) is 31.5 Å². The summed E-state index contributed by atoms with van der Waals surface area (Å²) in [6.07, 6.45) is 8.64. The molecule has 0 saturated carbocycles. The van der Waals surface area contributed by atoms with Gasteiger partial charge in [0.15, 0.2) is 0 Å². The normalized spacial score (nSPS) is 12.5. The van der Waals surface area contributed by atoms with E-state index in [0.29, 0.717) is 0 Å². The van der Waals surface area contributed by atoms with Gasteiger partial charge >= 0.3 is 0 Å². The van der Waals surface area contributed by atoms with E-state index in [1.807, 2.05) is 13.0 Å². The van der Waals surface area contributed by atoms with Gasteiger partial charge in [-0.05, 0) is 25.5 Å². The van der Waals surface area contributed by atoms with Crippen molar-refractivity contribution in [2.45, 2.75) is 20.3 Å². The van der Waals surface area contributed by atoms with E-state index in [0.717, 1.165) is 17.8 Å². The fourth-order valence-corrected chi connectivity index (χ4v) is 0.813. The van der Waals surface area contributed by atoms with Crippen molar-refractivity contribution in [3.63, 3.8) is 0 Å². The fourth-order valence-electron chi connectivity index (χ4n) is 0.813. The van der Waals surface area contributed by atoms with Crippen molar-refractivity contribution < 1.29 is 0 Å². The molecule has 1 nitrogen and oxygen atoms in total. The first-order valence-electron chi connectivity index (χ1n) is 4.16. The maximum absolute atomic E-state index is 3.71. The summed E-state index contributed by atoms with van der Waals surface area (Å²) < 4.78 is 0. The van der Waals surface area contributed by atoms with Gasteiger partial charge in [0, 0.05) is 11.4 Å². The van der Waals surface area contributed by atoms with Crippen LogP contribution in [0.3, 0.4) is 0 Å². The van der Waals surface area contributed by atoms with E-state index in [1.165, 1.54) is 0 Å². The summed E-state index contributed by atoms with van der Waals surface area (Å²) in [5.41, 5.74) is 2.04. The van der Waals surface area contributed by atoms with E-state index in [9.17, 15) is 0 Å². The molecule has 0 aliphatic carbocycles. The molecule has 1 N–H and O–H groups in total. The number of allylic oxidation sites excluding steroid dienone is 4. The third-order valence-corrected chi connectivity index (χ3v) is 1.46. The lowest BCUT2D eigenvalue weighted by Crippen LogP contribution is -2.08. The molecule has 1 heteroatoms. The van der Waals surface area contributed by atoms with Gasteiger partial charge in [-0.2, -0.15) is 0 Å². The highest BCUT2D eigenvalue weighted by Crippen LogP contribution is 1.99. The van der Waals surface area contributed by atoms with Gasteiger partial charge in [0.1, 0.15) is 0 Å². The number of rotatable bonds is 5. The second kappa shape index (κ2) is 6.47. The minimum atomic E-state index is 1.00. The number of nitrogens with one attached hydrogen (secondary N) is 1. The standard InChI is InChI=1S/C11H17N/c1-5-9-11(8-4)12-10(6-2)7-3/h6-9,12H,2,4-5H2,1,3H3/b10-7+,11-9+. The lowest BCUT2D eigenvalue weighted by atomic mass is 10.3. The molecule has 0 aliphatic rings. The van der Waals surface area contributed by atoms with Gasteiger partial charge < -0.3 is 5.32 Å². The molecule has 0 unspecified atom stereocenters. The van der Waals surface area contributed by atoms with Crippen molar-refractivity contribution in [2.75, 3.05) is 0 Å². The SMILES string of the molecule is C=C/C(=C\C)N/C(C=C)=C/CC. The number of hydrogen-bond acceptors (Lipinski definition) is 1. The van der Waals surface area contributed by atoms with Crippen molar-refractivity contribution in [1.82, 2.24) is 5.32 Å². The van der Waals surface area contributed by atoms with E-state index >= 15 is 0 Å². The molecule has 0 amide bonds. The molecule has 12 heavy (non-hydrogen) atoms. The Labute approximate surface area is 75.2 Å². The van der Waals surface area contributed by atoms with Gasteiger partial charge in [-0.1, -0.05) is 32.2 Å². The summed E-state index contributed by atoms with van der Waals surface area (Å²) in [6, 6.07) is 0. The summed E-state index contributed by atoms with van der Waals surface area (Å²) in [6.45, 7) is 11.5. The summed E-state index contributed by atoms with van der Waals surface area (Å²) >= 11 is 0. The molecule has 0 aromatic rings. The molecule has 0 saturated heterocycles. The summed E-state index contributed by atoms with van der Waals surface area (Å²) in [7, 11) is 0. The van der Waals surface area contributed by atoms with Crippen molar-refractivity contribution in [3.8, 4) is 0 Å². The van der Waals surface area contributed by atoms with Crippen LogP contribution in [0.1, 0.15) is 20.3 Å². The Morgan fingerprint density at radius 1 is 1.25 bits per heavy atom. The van der Waals surface area contributed by atoms with Gasteiger partial charge in [-0.15, -0.1) is 0 Å². The molecular weight excluding hydrogens is 146 g/mol. The Kier molecular flexibility index (Phi) is 5.80. The monoisotopic (exact) mass is 163 g/mol. The van der Waals surface area contributed by atoms with Crippen LogP contribution in [-0.2, 0) is 0 Å². The molecule has 0 bridgehead atoms. The molecule has 0 aromatic heterocycles. The molecule has 0 rings (SSSR count). The fraction of sp³-hybridized carbons (Fsp3) is 0.273. The average molecular weight is 163 g/mol. The Morgan fingerprint density at radius 3 is 2.17 bits per heavy atom. The van der Waals surface area contributed by atoms with Crippen LogP contribution in [0.25, 0.3) is 0 Å². The van der Waals surface area contributed by atoms with E-state index in [4.69, 9.17) is 0 Å². The van der Waals surface area contributed by atoms with Crippen LogP contribution in [0.4, 0.5) is 0 Å². The van der Waals surface area contributed by atoms with Crippen LogP contribution in [0, 0.1) is 0 Å². The van der Waals surface area contributed by atoms with Crippen LogP contribution < -0.4 is 5.32 Å². The average Bonchev–Trinajstić information content (AvgIpc) is 2.12. The summed E-state index contributed by atoms with van der Waals surface area (Å²) in [5, 5.41) is 3.19. The third-order valence-electron chi connectivity index (χ3n) is 1.46. The van der Waals surface area contributed by atoms with E-state index in [1.54, 1.807) is 12.2 Å². The first-order valence-corrected chi connectivity index (χ1v) is 4.16. The zero-order valence-electron chi connectivity index (χ0n) is 7.93. The molecule has 66 valence electrons. The van der Waals surface area contributed by atoms with Crippen LogP contribution in [0.5, 0.6) is 0 Å². The molecular formula is C11H17N. The van der Waals surface area contributed by atoms with E-state index in [-0.39, 0.29) is 0 Å². The molecule has 0 radical (unpaired) electrons. The predicted molar refractivity (Wildman–Crippen MR) is 55.7 cm³/mol. The third kappa shape index (κ3) is 3.81. The summed E-state index contributed by atoms with van der Waals surface area (Å²) in [5.74, 6) is 0. The Bertz CT molecular complexity index is 209. The quantitative estimate of drug-likeness (QED) is 0.614. The highest BCUT2D eigenvalue weighted by molar-refractivity contribution is 5.24. The minimum absolute atomic E-state index is 1.00. The second-order valence-electron chi connectivity index (χ2n) is 2.34. The largest absolute Gasteiger partial charge is 0.356 e. The maximum atomic E-state index is 3.71. The van der Waals surface area contributed by atoms with Gasteiger partial charge in [0.2, 0.25) is 0 Å². The highest BCUT2D eigenvalue weighted by Gasteiger charge is 1.90. The van der Waals surface area contributed by atoms with Crippen molar-refractivity contribution in [1.29, 1.82) is 0 Å². The second-order valence-corrected chi connectivity index (χ2v) is 2.34. The van der Waals surface area contributed by atoms with Crippen LogP contribution in [-0.4, -0.2) is 0 Å². The van der Waals surface area contributed by atoms with Crippen LogP contribution >= 0.6 is 0 Å². The molecule has 0 atom stereocenters. The van der Waals surface area contributed by atoms with Gasteiger partial charge in [-0.3, -0.25) is 0 Å². The smallest absolute Gasteiger partial charge is 0.0337 e. The van der Waals surface area contributed by atoms with Gasteiger partial charge in [0.05, 0.1) is 0 Å². The zero-order valence-corrected chi connectivity index (χ0v) is 7.93. The van der Waals surface area contributed by atoms with Gasteiger partial charge in [-0.25, -0.2) is 0 Å². The summed E-state index contributed by atoms with van der Waals surface area (Å²) in [4.78, 5) is 0. The first kappa shape index (κ1) is 10.8. The Morgan fingerprint density at radius 2 is 1.83 bits per heavy atom. The van der Waals surface area contributed by atoms with Crippen molar-refractivity contribution in [3.05, 3.63) is 48.9 Å². The van der Waals surface area contributed by atoms with E-state index < -0.39 is 0 Å². The van der Waals surface area contributed by atoms with Crippen LogP contribution in [0.2, 0.25) is 0 Å².